The third-order valence-electron chi connectivity index (χ3n) is 11.4. The molecule has 9 aromatic rings. The molecule has 0 saturated carbocycles. The van der Waals surface area contributed by atoms with E-state index in [0.717, 1.165) is 33.4 Å². The highest BCUT2D eigenvalue weighted by atomic mass is 15.0. The summed E-state index contributed by atoms with van der Waals surface area (Å²) in [4.78, 5) is 15.7. The normalized spacial score (nSPS) is 12.9. The Labute approximate surface area is 320 Å². The Morgan fingerprint density at radius 1 is 0.255 bits per heavy atom. The van der Waals surface area contributed by atoms with Crippen LogP contribution in [-0.4, -0.2) is 15.0 Å². The number of fused-ring (bicyclic) bond motifs is 12. The minimum atomic E-state index is -0.587. The fourth-order valence-electron chi connectivity index (χ4n) is 9.09. The standard InChI is InChI=1S/C52H33N3/c1-3-17-34(18-4-1)36-21-15-22-37(33-36)50-53-49(35-19-5-2-6-20-35)54-51(55-50)43-28-16-32-47-48(43)42-27-11-14-31-46(42)52(47)44-29-12-9-25-40(44)38-23-7-8-24-39(38)41-26-10-13-30-45(41)52/h1-33H. The number of benzene rings is 8. The van der Waals surface area contributed by atoms with Crippen molar-refractivity contribution in [1.29, 1.82) is 0 Å². The lowest BCUT2D eigenvalue weighted by atomic mass is 9.66. The molecule has 0 fully saturated rings. The van der Waals surface area contributed by atoms with Crippen LogP contribution < -0.4 is 0 Å². The first-order chi connectivity index (χ1) is 27.3. The number of nitrogens with zero attached hydrogens (tertiary/aromatic N) is 3. The van der Waals surface area contributed by atoms with Crippen LogP contribution in [0.1, 0.15) is 22.3 Å². The lowest BCUT2D eigenvalue weighted by molar-refractivity contribution is 0.775. The molecule has 0 bridgehead atoms. The van der Waals surface area contributed by atoms with Gasteiger partial charge in [0.2, 0.25) is 0 Å². The molecule has 3 nitrogen and oxygen atoms in total. The summed E-state index contributed by atoms with van der Waals surface area (Å²) in [5.74, 6) is 1.93. The van der Waals surface area contributed by atoms with Gasteiger partial charge < -0.3 is 0 Å². The largest absolute Gasteiger partial charge is 0.208 e. The monoisotopic (exact) mass is 699 g/mol. The Morgan fingerprint density at radius 2 is 0.655 bits per heavy atom. The van der Waals surface area contributed by atoms with Gasteiger partial charge in [-0.1, -0.05) is 194 Å². The number of hydrogen-bond donors (Lipinski definition) is 0. The first-order valence-electron chi connectivity index (χ1n) is 18.8. The van der Waals surface area contributed by atoms with Gasteiger partial charge in [-0.2, -0.15) is 0 Å². The first kappa shape index (κ1) is 31.3. The van der Waals surface area contributed by atoms with Crippen LogP contribution in [0.3, 0.4) is 0 Å². The molecule has 2 aliphatic rings. The Morgan fingerprint density at radius 3 is 1.29 bits per heavy atom. The molecule has 0 amide bonds. The molecule has 1 spiro atoms. The van der Waals surface area contributed by atoms with Crippen LogP contribution in [0.15, 0.2) is 200 Å². The van der Waals surface area contributed by atoms with E-state index in [1.54, 1.807) is 0 Å². The van der Waals surface area contributed by atoms with E-state index in [2.05, 4.69) is 176 Å². The maximum absolute atomic E-state index is 5.34. The van der Waals surface area contributed by atoms with E-state index in [0.29, 0.717) is 17.5 Å². The molecule has 256 valence electrons. The predicted octanol–water partition coefficient (Wildman–Crippen LogP) is 12.6. The molecule has 0 radical (unpaired) electrons. The molecule has 0 atom stereocenters. The van der Waals surface area contributed by atoms with Crippen molar-refractivity contribution in [1.82, 2.24) is 15.0 Å². The van der Waals surface area contributed by atoms with Crippen molar-refractivity contribution in [2.24, 2.45) is 0 Å². The third kappa shape index (κ3) is 4.73. The molecule has 3 heteroatoms. The van der Waals surface area contributed by atoms with Gasteiger partial charge in [0, 0.05) is 16.7 Å². The van der Waals surface area contributed by atoms with Crippen LogP contribution in [0, 0.1) is 0 Å². The highest BCUT2D eigenvalue weighted by molar-refractivity contribution is 6.00. The summed E-state index contributed by atoms with van der Waals surface area (Å²) in [6, 6.07) is 71.7. The van der Waals surface area contributed by atoms with E-state index in [1.165, 1.54) is 50.1 Å². The summed E-state index contributed by atoms with van der Waals surface area (Å²) in [6.07, 6.45) is 0. The van der Waals surface area contributed by atoms with E-state index in [9.17, 15) is 0 Å². The molecule has 8 aromatic carbocycles. The van der Waals surface area contributed by atoms with Gasteiger partial charge in [-0.15, -0.1) is 0 Å². The average molecular weight is 700 g/mol. The van der Waals surface area contributed by atoms with E-state index in [-0.39, 0.29) is 0 Å². The van der Waals surface area contributed by atoms with Gasteiger partial charge in [0.1, 0.15) is 0 Å². The average Bonchev–Trinajstić information content (AvgIpc) is 3.52. The van der Waals surface area contributed by atoms with Crippen molar-refractivity contribution in [3.8, 4) is 78.7 Å². The lowest BCUT2D eigenvalue weighted by Crippen LogP contribution is -2.29. The van der Waals surface area contributed by atoms with Crippen molar-refractivity contribution in [3.05, 3.63) is 222 Å². The van der Waals surface area contributed by atoms with Crippen LogP contribution in [-0.2, 0) is 5.41 Å². The molecule has 0 saturated heterocycles. The highest BCUT2D eigenvalue weighted by Gasteiger charge is 2.50. The zero-order valence-corrected chi connectivity index (χ0v) is 29.9. The smallest absolute Gasteiger partial charge is 0.164 e. The fourth-order valence-corrected chi connectivity index (χ4v) is 9.09. The zero-order valence-electron chi connectivity index (χ0n) is 29.9. The quantitative estimate of drug-likeness (QED) is 0.184. The summed E-state index contributed by atoms with van der Waals surface area (Å²) >= 11 is 0. The summed E-state index contributed by atoms with van der Waals surface area (Å²) in [7, 11) is 0. The Balaban J connectivity index is 1.21. The van der Waals surface area contributed by atoms with Crippen LogP contribution in [0.25, 0.3) is 78.7 Å². The molecule has 55 heavy (non-hydrogen) atoms. The van der Waals surface area contributed by atoms with E-state index in [1.807, 2.05) is 24.3 Å². The molecular formula is C52H33N3. The Hall–Kier alpha value is -7.23. The molecule has 0 unspecified atom stereocenters. The van der Waals surface area contributed by atoms with Gasteiger partial charge in [0.05, 0.1) is 5.41 Å². The van der Waals surface area contributed by atoms with E-state index in [4.69, 9.17) is 15.0 Å². The maximum Gasteiger partial charge on any atom is 0.164 e. The second kappa shape index (κ2) is 12.4. The zero-order chi connectivity index (χ0) is 36.3. The van der Waals surface area contributed by atoms with Crippen molar-refractivity contribution in [3.63, 3.8) is 0 Å². The molecule has 1 aromatic heterocycles. The summed E-state index contributed by atoms with van der Waals surface area (Å²) < 4.78 is 0. The minimum absolute atomic E-state index is 0.587. The lowest BCUT2D eigenvalue weighted by Gasteiger charge is -2.35. The van der Waals surface area contributed by atoms with E-state index < -0.39 is 5.41 Å². The Bertz CT molecular complexity index is 2860. The number of aromatic nitrogens is 3. The van der Waals surface area contributed by atoms with Crippen LogP contribution in [0.5, 0.6) is 0 Å². The number of rotatable bonds is 4. The topological polar surface area (TPSA) is 38.7 Å². The van der Waals surface area contributed by atoms with Gasteiger partial charge in [-0.05, 0) is 72.8 Å². The highest BCUT2D eigenvalue weighted by Crippen LogP contribution is 2.62. The van der Waals surface area contributed by atoms with Gasteiger partial charge in [0.25, 0.3) is 0 Å². The second-order valence-electron chi connectivity index (χ2n) is 14.3. The first-order valence-corrected chi connectivity index (χ1v) is 18.8. The number of hydrogen-bond acceptors (Lipinski definition) is 3. The minimum Gasteiger partial charge on any atom is -0.208 e. The molecule has 1 heterocycles. The van der Waals surface area contributed by atoms with Crippen molar-refractivity contribution >= 4 is 0 Å². The van der Waals surface area contributed by atoms with Gasteiger partial charge in [-0.25, -0.2) is 15.0 Å². The van der Waals surface area contributed by atoms with Crippen LogP contribution >= 0.6 is 0 Å². The van der Waals surface area contributed by atoms with Gasteiger partial charge in [0.15, 0.2) is 17.5 Å². The van der Waals surface area contributed by atoms with Crippen molar-refractivity contribution in [2.75, 3.05) is 0 Å². The molecule has 0 aliphatic heterocycles. The third-order valence-corrected chi connectivity index (χ3v) is 11.4. The summed E-state index contributed by atoms with van der Waals surface area (Å²) in [5, 5.41) is 0. The van der Waals surface area contributed by atoms with Crippen molar-refractivity contribution in [2.45, 2.75) is 5.41 Å². The fraction of sp³-hybridized carbons (Fsp3) is 0.0192. The molecule has 0 N–H and O–H groups in total. The Kier molecular flexibility index (Phi) is 7.08. The van der Waals surface area contributed by atoms with Crippen LogP contribution in [0.4, 0.5) is 0 Å². The SMILES string of the molecule is c1ccc(-c2cccc(-c3nc(-c4ccccc4)nc(-c4cccc5c4-c4ccccc4C54c5ccccc5-c5ccccc5-c5ccccc54)n3)c2)cc1. The maximum atomic E-state index is 5.34. The van der Waals surface area contributed by atoms with Crippen LogP contribution in [0.2, 0.25) is 0 Å². The molecular weight excluding hydrogens is 667 g/mol. The molecule has 2 aliphatic carbocycles. The van der Waals surface area contributed by atoms with Gasteiger partial charge in [-0.3, -0.25) is 0 Å². The van der Waals surface area contributed by atoms with Crippen molar-refractivity contribution < 1.29 is 0 Å². The summed E-state index contributed by atoms with van der Waals surface area (Å²) in [5.41, 5.74) is 16.9. The van der Waals surface area contributed by atoms with Gasteiger partial charge >= 0.3 is 0 Å². The van der Waals surface area contributed by atoms with E-state index >= 15 is 0 Å². The predicted molar refractivity (Wildman–Crippen MR) is 223 cm³/mol. The second-order valence-corrected chi connectivity index (χ2v) is 14.3. The summed E-state index contributed by atoms with van der Waals surface area (Å²) in [6.45, 7) is 0. The molecule has 11 rings (SSSR count).